The van der Waals surface area contributed by atoms with Gasteiger partial charge in [-0.2, -0.15) is 0 Å². The van der Waals surface area contributed by atoms with E-state index in [1.807, 2.05) is 0 Å². The minimum atomic E-state index is -0.194. The Morgan fingerprint density at radius 1 is 1.30 bits per heavy atom. The van der Waals surface area contributed by atoms with Crippen LogP contribution < -0.4 is 15.4 Å². The molecule has 1 saturated heterocycles. The summed E-state index contributed by atoms with van der Waals surface area (Å²) in [6, 6.07) is 3.34. The third kappa shape index (κ3) is 4.42. The van der Waals surface area contributed by atoms with Crippen molar-refractivity contribution in [1.82, 2.24) is 10.6 Å². The van der Waals surface area contributed by atoms with Gasteiger partial charge >= 0.3 is 0 Å². The lowest BCUT2D eigenvalue weighted by Gasteiger charge is -2.12. The van der Waals surface area contributed by atoms with Gasteiger partial charge < -0.3 is 15.4 Å². The summed E-state index contributed by atoms with van der Waals surface area (Å²) >= 11 is 17.6. The van der Waals surface area contributed by atoms with E-state index in [2.05, 4.69) is 10.6 Å². The second kappa shape index (κ2) is 7.36. The fraction of sp³-hybridized carbons (Fsp3) is 0.462. The quantitative estimate of drug-likeness (QED) is 0.812. The van der Waals surface area contributed by atoms with Crippen LogP contribution >= 0.6 is 34.8 Å². The Morgan fingerprint density at radius 3 is 2.75 bits per heavy atom. The molecule has 7 heteroatoms. The summed E-state index contributed by atoms with van der Waals surface area (Å²) in [5, 5.41) is 7.12. The summed E-state index contributed by atoms with van der Waals surface area (Å²) in [6.07, 6.45) is 2.23. The SMILES string of the molecule is O=C(COc1cc(Cl)c(Cl)cc1Cl)NCC1CCCN1. The Kier molecular flexibility index (Phi) is 5.78. The first-order valence-corrected chi connectivity index (χ1v) is 7.47. The topological polar surface area (TPSA) is 50.4 Å². The van der Waals surface area contributed by atoms with Crippen LogP contribution in [0.4, 0.5) is 0 Å². The molecule has 0 bridgehead atoms. The molecule has 2 N–H and O–H groups in total. The first-order chi connectivity index (χ1) is 9.56. The van der Waals surface area contributed by atoms with E-state index in [1.165, 1.54) is 12.1 Å². The number of carbonyl (C=O) groups is 1. The number of ether oxygens (including phenoxy) is 1. The molecular weight excluding hydrogens is 323 g/mol. The molecule has 0 radical (unpaired) electrons. The average molecular weight is 338 g/mol. The van der Waals surface area contributed by atoms with Gasteiger partial charge in [0.1, 0.15) is 5.75 Å². The molecule has 0 spiro atoms. The molecule has 1 aromatic carbocycles. The first kappa shape index (κ1) is 15.7. The highest BCUT2D eigenvalue weighted by Crippen LogP contribution is 2.33. The van der Waals surface area contributed by atoms with Crippen molar-refractivity contribution in [2.75, 3.05) is 19.7 Å². The van der Waals surface area contributed by atoms with Gasteiger partial charge in [-0.25, -0.2) is 0 Å². The summed E-state index contributed by atoms with van der Waals surface area (Å²) in [5.74, 6) is 0.149. The van der Waals surface area contributed by atoms with Gasteiger partial charge in [0, 0.05) is 18.7 Å². The molecule has 4 nitrogen and oxygen atoms in total. The number of amides is 1. The van der Waals surface area contributed by atoms with Gasteiger partial charge in [0.15, 0.2) is 6.61 Å². The van der Waals surface area contributed by atoms with E-state index in [9.17, 15) is 4.79 Å². The predicted molar refractivity (Wildman–Crippen MR) is 81.0 cm³/mol. The van der Waals surface area contributed by atoms with Gasteiger partial charge in [-0.1, -0.05) is 34.8 Å². The third-order valence-electron chi connectivity index (χ3n) is 3.04. The monoisotopic (exact) mass is 336 g/mol. The highest BCUT2D eigenvalue weighted by molar-refractivity contribution is 6.43. The number of carbonyl (C=O) groups excluding carboxylic acids is 1. The van der Waals surface area contributed by atoms with Crippen LogP contribution in [-0.2, 0) is 4.79 Å². The van der Waals surface area contributed by atoms with E-state index in [1.54, 1.807) is 0 Å². The van der Waals surface area contributed by atoms with Gasteiger partial charge in [0.2, 0.25) is 0 Å². The van der Waals surface area contributed by atoms with Crippen molar-refractivity contribution in [3.8, 4) is 5.75 Å². The van der Waals surface area contributed by atoms with E-state index in [-0.39, 0.29) is 12.5 Å². The molecule has 1 aliphatic rings. The highest BCUT2D eigenvalue weighted by atomic mass is 35.5. The summed E-state index contributed by atoms with van der Waals surface area (Å²) < 4.78 is 5.34. The molecule has 0 aliphatic carbocycles. The smallest absolute Gasteiger partial charge is 0.257 e. The van der Waals surface area contributed by atoms with Crippen molar-refractivity contribution in [2.24, 2.45) is 0 Å². The standard InChI is InChI=1S/C13H15Cl3N2O2/c14-9-4-11(16)12(5-10(9)15)20-7-13(19)18-6-8-2-1-3-17-8/h4-5,8,17H,1-3,6-7H2,(H,18,19). The number of nitrogens with one attached hydrogen (secondary N) is 2. The van der Waals surface area contributed by atoms with Crippen LogP contribution in [0.25, 0.3) is 0 Å². The summed E-state index contributed by atoms with van der Waals surface area (Å²) in [4.78, 5) is 11.7. The van der Waals surface area contributed by atoms with E-state index in [0.29, 0.717) is 33.4 Å². The van der Waals surface area contributed by atoms with Crippen molar-refractivity contribution in [2.45, 2.75) is 18.9 Å². The van der Waals surface area contributed by atoms with Crippen LogP contribution in [-0.4, -0.2) is 31.6 Å². The van der Waals surface area contributed by atoms with E-state index in [4.69, 9.17) is 39.5 Å². The molecule has 1 atom stereocenters. The summed E-state index contributed by atoms with van der Waals surface area (Å²) in [6.45, 7) is 1.51. The van der Waals surface area contributed by atoms with Gasteiger partial charge in [-0.15, -0.1) is 0 Å². The van der Waals surface area contributed by atoms with Crippen molar-refractivity contribution in [3.63, 3.8) is 0 Å². The zero-order valence-electron chi connectivity index (χ0n) is 10.7. The number of hydrogen-bond donors (Lipinski definition) is 2. The third-order valence-corrected chi connectivity index (χ3v) is 4.06. The number of benzene rings is 1. The Labute approximate surface area is 132 Å². The molecule has 1 amide bonds. The van der Waals surface area contributed by atoms with Crippen LogP contribution in [0.1, 0.15) is 12.8 Å². The maximum Gasteiger partial charge on any atom is 0.257 e. The van der Waals surface area contributed by atoms with Gasteiger partial charge in [0.05, 0.1) is 15.1 Å². The zero-order valence-corrected chi connectivity index (χ0v) is 13.0. The van der Waals surface area contributed by atoms with Crippen molar-refractivity contribution < 1.29 is 9.53 Å². The Bertz CT molecular complexity index is 491. The number of rotatable bonds is 5. The lowest BCUT2D eigenvalue weighted by Crippen LogP contribution is -2.39. The van der Waals surface area contributed by atoms with Crippen molar-refractivity contribution in [3.05, 3.63) is 27.2 Å². The Balaban J connectivity index is 1.79. The van der Waals surface area contributed by atoms with Gasteiger partial charge in [-0.05, 0) is 25.5 Å². The number of hydrogen-bond acceptors (Lipinski definition) is 3. The van der Waals surface area contributed by atoms with E-state index in [0.717, 1.165) is 19.4 Å². The lowest BCUT2D eigenvalue weighted by molar-refractivity contribution is -0.123. The molecule has 2 rings (SSSR count). The predicted octanol–water partition coefficient (Wildman–Crippen LogP) is 2.89. The van der Waals surface area contributed by atoms with Crippen LogP contribution in [0, 0.1) is 0 Å². The van der Waals surface area contributed by atoms with Crippen LogP contribution in [0.2, 0.25) is 15.1 Å². The Morgan fingerprint density at radius 2 is 2.05 bits per heavy atom. The minimum absolute atomic E-state index is 0.107. The first-order valence-electron chi connectivity index (χ1n) is 6.33. The zero-order chi connectivity index (χ0) is 14.5. The molecule has 1 aromatic rings. The van der Waals surface area contributed by atoms with Crippen LogP contribution in [0.3, 0.4) is 0 Å². The maximum atomic E-state index is 11.7. The highest BCUT2D eigenvalue weighted by Gasteiger charge is 2.15. The van der Waals surface area contributed by atoms with E-state index >= 15 is 0 Å². The van der Waals surface area contributed by atoms with Gasteiger partial charge in [-0.3, -0.25) is 4.79 Å². The largest absolute Gasteiger partial charge is 0.482 e. The fourth-order valence-electron chi connectivity index (χ4n) is 1.98. The molecule has 1 heterocycles. The molecule has 0 aromatic heterocycles. The molecule has 1 fully saturated rings. The maximum absolute atomic E-state index is 11.7. The molecule has 0 saturated carbocycles. The Hall–Kier alpha value is -0.680. The minimum Gasteiger partial charge on any atom is -0.482 e. The molecular formula is C13H15Cl3N2O2. The summed E-state index contributed by atoms with van der Waals surface area (Å²) in [7, 11) is 0. The lowest BCUT2D eigenvalue weighted by atomic mass is 10.2. The van der Waals surface area contributed by atoms with Crippen LogP contribution in [0.15, 0.2) is 12.1 Å². The molecule has 110 valence electrons. The molecule has 1 aliphatic heterocycles. The summed E-state index contributed by atoms with van der Waals surface area (Å²) in [5.41, 5.74) is 0. The molecule has 1 unspecified atom stereocenters. The normalized spacial score (nSPS) is 18.1. The number of halogens is 3. The second-order valence-electron chi connectivity index (χ2n) is 4.58. The van der Waals surface area contributed by atoms with Crippen LogP contribution in [0.5, 0.6) is 5.75 Å². The van der Waals surface area contributed by atoms with Crippen molar-refractivity contribution in [1.29, 1.82) is 0 Å². The van der Waals surface area contributed by atoms with E-state index < -0.39 is 0 Å². The molecule has 20 heavy (non-hydrogen) atoms. The van der Waals surface area contributed by atoms with Crippen molar-refractivity contribution >= 4 is 40.7 Å². The fourth-order valence-corrected chi connectivity index (χ4v) is 2.57. The second-order valence-corrected chi connectivity index (χ2v) is 5.80. The average Bonchev–Trinajstić information content (AvgIpc) is 2.92. The van der Waals surface area contributed by atoms with Gasteiger partial charge in [0.25, 0.3) is 5.91 Å².